The smallest absolute Gasteiger partial charge is 0.323 e. The molecular weight excluding hydrogens is 264 g/mol. The lowest BCUT2D eigenvalue weighted by atomic mass is 10.1. The Morgan fingerprint density at radius 1 is 1.25 bits per heavy atom. The van der Waals surface area contributed by atoms with E-state index in [1.165, 1.54) is 7.11 Å². The van der Waals surface area contributed by atoms with Crippen LogP contribution >= 0.6 is 0 Å². The fourth-order valence-electron chi connectivity index (χ4n) is 1.71. The number of rotatable bonds is 7. The second-order valence-electron chi connectivity index (χ2n) is 4.10. The van der Waals surface area contributed by atoms with E-state index in [0.717, 1.165) is 4.90 Å². The molecule has 1 aromatic rings. The van der Waals surface area contributed by atoms with Gasteiger partial charge in [0.1, 0.15) is 12.3 Å². The van der Waals surface area contributed by atoms with Crippen molar-refractivity contribution in [2.24, 2.45) is 5.73 Å². The largest absolute Gasteiger partial charge is 0.496 e. The Labute approximate surface area is 115 Å². The van der Waals surface area contributed by atoms with Gasteiger partial charge in [-0.05, 0) is 6.07 Å². The molecule has 2 amide bonds. The van der Waals surface area contributed by atoms with Crippen LogP contribution in [0.1, 0.15) is 5.56 Å². The predicted octanol–water partition coefficient (Wildman–Crippen LogP) is -0.364. The number of para-hydroxylation sites is 1. The van der Waals surface area contributed by atoms with Crippen LogP contribution in [0.25, 0.3) is 0 Å². The van der Waals surface area contributed by atoms with Crippen molar-refractivity contribution in [2.75, 3.05) is 20.2 Å². The van der Waals surface area contributed by atoms with E-state index in [-0.39, 0.29) is 6.42 Å². The third-order valence-electron chi connectivity index (χ3n) is 2.56. The molecule has 0 atom stereocenters. The van der Waals surface area contributed by atoms with Crippen molar-refractivity contribution >= 4 is 17.8 Å². The maximum Gasteiger partial charge on any atom is 0.323 e. The zero-order valence-corrected chi connectivity index (χ0v) is 11.0. The molecular formula is C13H16N2O5. The first-order valence-electron chi connectivity index (χ1n) is 5.83. The fourth-order valence-corrected chi connectivity index (χ4v) is 1.71. The SMILES string of the molecule is COc1ccccc1CC(=O)N(CC(N)=O)CC(=O)O. The lowest BCUT2D eigenvalue weighted by Crippen LogP contribution is -2.42. The van der Waals surface area contributed by atoms with Gasteiger partial charge >= 0.3 is 5.97 Å². The molecule has 0 saturated carbocycles. The van der Waals surface area contributed by atoms with Gasteiger partial charge in [-0.2, -0.15) is 0 Å². The van der Waals surface area contributed by atoms with Gasteiger partial charge in [0.25, 0.3) is 0 Å². The summed E-state index contributed by atoms with van der Waals surface area (Å²) >= 11 is 0. The van der Waals surface area contributed by atoms with Crippen LogP contribution in [-0.2, 0) is 20.8 Å². The van der Waals surface area contributed by atoms with Crippen molar-refractivity contribution in [2.45, 2.75) is 6.42 Å². The molecule has 0 unspecified atom stereocenters. The number of hydrogen-bond donors (Lipinski definition) is 2. The number of nitrogens with zero attached hydrogens (tertiary/aromatic N) is 1. The number of benzene rings is 1. The minimum Gasteiger partial charge on any atom is -0.496 e. The number of amides is 2. The standard InChI is InChI=1S/C13H16N2O5/c1-20-10-5-3-2-4-9(10)6-12(17)15(7-11(14)16)8-13(18)19/h2-5H,6-8H2,1H3,(H2,14,16)(H,18,19). The van der Waals surface area contributed by atoms with Crippen molar-refractivity contribution in [1.29, 1.82) is 0 Å². The van der Waals surface area contributed by atoms with Crippen molar-refractivity contribution in [3.8, 4) is 5.75 Å². The monoisotopic (exact) mass is 280 g/mol. The summed E-state index contributed by atoms with van der Waals surface area (Å²) in [5, 5.41) is 8.74. The molecule has 0 bridgehead atoms. The zero-order valence-electron chi connectivity index (χ0n) is 11.0. The lowest BCUT2D eigenvalue weighted by molar-refractivity contribution is -0.145. The highest BCUT2D eigenvalue weighted by molar-refractivity contribution is 5.88. The lowest BCUT2D eigenvalue weighted by Gasteiger charge is -2.19. The van der Waals surface area contributed by atoms with E-state index in [1.54, 1.807) is 24.3 Å². The highest BCUT2D eigenvalue weighted by atomic mass is 16.5. The maximum absolute atomic E-state index is 12.1. The molecule has 7 heteroatoms. The predicted molar refractivity (Wildman–Crippen MR) is 70.1 cm³/mol. The summed E-state index contributed by atoms with van der Waals surface area (Å²) < 4.78 is 5.11. The Morgan fingerprint density at radius 3 is 2.45 bits per heavy atom. The van der Waals surface area contributed by atoms with Gasteiger partial charge in [-0.1, -0.05) is 18.2 Å². The summed E-state index contributed by atoms with van der Waals surface area (Å²) in [5.74, 6) is -1.95. The van der Waals surface area contributed by atoms with Crippen LogP contribution < -0.4 is 10.5 Å². The highest BCUT2D eigenvalue weighted by Gasteiger charge is 2.20. The minimum absolute atomic E-state index is 0.0649. The van der Waals surface area contributed by atoms with Crippen LogP contribution in [0.4, 0.5) is 0 Å². The number of methoxy groups -OCH3 is 1. The van der Waals surface area contributed by atoms with E-state index in [2.05, 4.69) is 0 Å². The minimum atomic E-state index is -1.21. The summed E-state index contributed by atoms with van der Waals surface area (Å²) in [6.07, 6.45) is -0.0649. The van der Waals surface area contributed by atoms with Gasteiger partial charge in [0.15, 0.2) is 0 Å². The number of carboxylic acids is 1. The number of aliphatic carboxylic acids is 1. The van der Waals surface area contributed by atoms with E-state index in [1.807, 2.05) is 0 Å². The van der Waals surface area contributed by atoms with Gasteiger partial charge in [0.2, 0.25) is 11.8 Å². The van der Waals surface area contributed by atoms with Crippen LogP contribution in [-0.4, -0.2) is 48.0 Å². The molecule has 3 N–H and O–H groups in total. The first kappa shape index (κ1) is 15.5. The van der Waals surface area contributed by atoms with Crippen LogP contribution in [0.15, 0.2) is 24.3 Å². The van der Waals surface area contributed by atoms with E-state index >= 15 is 0 Å². The quantitative estimate of drug-likeness (QED) is 0.708. The molecule has 0 saturated heterocycles. The molecule has 7 nitrogen and oxygen atoms in total. The van der Waals surface area contributed by atoms with Gasteiger partial charge in [-0.15, -0.1) is 0 Å². The van der Waals surface area contributed by atoms with Gasteiger partial charge in [0.05, 0.1) is 20.1 Å². The Kier molecular flexibility index (Phi) is 5.52. The van der Waals surface area contributed by atoms with Crippen molar-refractivity contribution in [1.82, 2.24) is 4.90 Å². The highest BCUT2D eigenvalue weighted by Crippen LogP contribution is 2.18. The molecule has 108 valence electrons. The topological polar surface area (TPSA) is 110 Å². The Bertz CT molecular complexity index is 499. The molecule has 0 heterocycles. The summed E-state index contributed by atoms with van der Waals surface area (Å²) in [5.41, 5.74) is 5.62. The second kappa shape index (κ2) is 7.13. The van der Waals surface area contributed by atoms with Crippen LogP contribution in [0.3, 0.4) is 0 Å². The Hall–Kier alpha value is -2.57. The summed E-state index contributed by atoms with van der Waals surface area (Å²) in [7, 11) is 1.47. The van der Waals surface area contributed by atoms with E-state index < -0.39 is 30.9 Å². The molecule has 0 aromatic heterocycles. The molecule has 1 aromatic carbocycles. The third-order valence-corrected chi connectivity index (χ3v) is 2.56. The maximum atomic E-state index is 12.1. The van der Waals surface area contributed by atoms with Crippen LogP contribution in [0.2, 0.25) is 0 Å². The number of hydrogen-bond acceptors (Lipinski definition) is 4. The number of ether oxygens (including phenoxy) is 1. The molecule has 0 radical (unpaired) electrons. The Morgan fingerprint density at radius 2 is 1.90 bits per heavy atom. The van der Waals surface area contributed by atoms with Crippen LogP contribution in [0, 0.1) is 0 Å². The van der Waals surface area contributed by atoms with Gasteiger partial charge in [0, 0.05) is 5.56 Å². The molecule has 1 rings (SSSR count). The first-order chi connectivity index (χ1) is 9.43. The van der Waals surface area contributed by atoms with Crippen molar-refractivity contribution < 1.29 is 24.2 Å². The molecule has 0 aliphatic rings. The Balaban J connectivity index is 2.84. The number of nitrogens with two attached hydrogens (primary N) is 1. The summed E-state index contributed by atoms with van der Waals surface area (Å²) in [6.45, 7) is -1.00. The average Bonchev–Trinajstić information content (AvgIpc) is 2.37. The van der Waals surface area contributed by atoms with Gasteiger partial charge < -0.3 is 20.5 Å². The molecule has 0 aliphatic carbocycles. The number of primary amides is 1. The summed E-state index contributed by atoms with van der Waals surface area (Å²) in [4.78, 5) is 34.5. The van der Waals surface area contributed by atoms with Crippen molar-refractivity contribution in [3.63, 3.8) is 0 Å². The normalized spacial score (nSPS) is 9.85. The second-order valence-corrected chi connectivity index (χ2v) is 4.10. The van der Waals surface area contributed by atoms with Gasteiger partial charge in [-0.25, -0.2) is 0 Å². The van der Waals surface area contributed by atoms with E-state index in [0.29, 0.717) is 11.3 Å². The van der Waals surface area contributed by atoms with Crippen molar-refractivity contribution in [3.05, 3.63) is 29.8 Å². The molecule has 0 aliphatic heterocycles. The number of carboxylic acid groups (broad SMARTS) is 1. The zero-order chi connectivity index (χ0) is 15.1. The third kappa shape index (κ3) is 4.60. The molecule has 0 fully saturated rings. The van der Waals surface area contributed by atoms with E-state index in [9.17, 15) is 14.4 Å². The summed E-state index contributed by atoms with van der Waals surface area (Å²) in [6, 6.07) is 6.88. The average molecular weight is 280 g/mol. The molecule has 20 heavy (non-hydrogen) atoms. The first-order valence-corrected chi connectivity index (χ1v) is 5.83. The van der Waals surface area contributed by atoms with Gasteiger partial charge in [-0.3, -0.25) is 14.4 Å². The van der Waals surface area contributed by atoms with E-state index in [4.69, 9.17) is 15.6 Å². The number of carbonyl (C=O) groups excluding carboxylic acids is 2. The molecule has 0 spiro atoms. The van der Waals surface area contributed by atoms with Crippen LogP contribution in [0.5, 0.6) is 5.75 Å². The number of carbonyl (C=O) groups is 3. The fraction of sp³-hybridized carbons (Fsp3) is 0.308.